The van der Waals surface area contributed by atoms with Gasteiger partial charge >= 0.3 is 0 Å². The highest BCUT2D eigenvalue weighted by Gasteiger charge is 2.44. The van der Waals surface area contributed by atoms with Gasteiger partial charge in [0.15, 0.2) is 16.1 Å². The minimum atomic E-state index is -2.79. The van der Waals surface area contributed by atoms with Crippen molar-refractivity contribution in [3.63, 3.8) is 0 Å². The summed E-state index contributed by atoms with van der Waals surface area (Å²) >= 11 is 0. The molecule has 0 bridgehead atoms. The molecule has 0 amide bonds. The molecule has 0 N–H and O–H groups in total. The first-order valence-corrected chi connectivity index (χ1v) is 50.3. The minimum absolute atomic E-state index is 1.15. The molecule has 6 heteroatoms. The third kappa shape index (κ3) is 13.3. The van der Waals surface area contributed by atoms with Crippen LogP contribution in [0.1, 0.15) is 0 Å². The van der Waals surface area contributed by atoms with Crippen molar-refractivity contribution in [3.8, 4) is 67.3 Å². The largest absolute Gasteiger partial charge is 0.309 e. The number of hydrogen-bond acceptors (Lipinski definition) is 0. The lowest BCUT2D eigenvalue weighted by Gasteiger charge is -2.34. The maximum Gasteiger partial charge on any atom is 0.179 e. The molecular formula is C128H88N4Si2. The van der Waals surface area contributed by atoms with E-state index in [1.54, 1.807) is 0 Å². The summed E-state index contributed by atoms with van der Waals surface area (Å²) in [6.45, 7) is 0. The van der Waals surface area contributed by atoms with E-state index in [4.69, 9.17) is 0 Å². The van der Waals surface area contributed by atoms with Gasteiger partial charge in [-0.3, -0.25) is 0 Å². The fourth-order valence-electron chi connectivity index (χ4n) is 21.9. The van der Waals surface area contributed by atoms with Gasteiger partial charge in [-0.25, -0.2) is 0 Å². The summed E-state index contributed by atoms with van der Waals surface area (Å²) in [5, 5.41) is 25.9. The van der Waals surface area contributed by atoms with Crippen molar-refractivity contribution in [2.75, 3.05) is 0 Å². The monoisotopic (exact) mass is 1740 g/mol. The van der Waals surface area contributed by atoms with Gasteiger partial charge in [-0.05, 0) is 229 Å². The third-order valence-corrected chi connectivity index (χ3v) is 37.6. The summed E-state index contributed by atoms with van der Waals surface area (Å²) in [6.07, 6.45) is 0. The summed E-state index contributed by atoms with van der Waals surface area (Å²) in [7, 11) is -5.55. The minimum Gasteiger partial charge on any atom is -0.309 e. The van der Waals surface area contributed by atoms with E-state index in [-0.39, 0.29) is 0 Å². The third-order valence-electron chi connectivity index (χ3n) is 28.1. The van der Waals surface area contributed by atoms with Crippen LogP contribution in [0.2, 0.25) is 0 Å². The molecule has 0 spiro atoms. The topological polar surface area (TPSA) is 19.7 Å². The second-order valence-corrected chi connectivity index (χ2v) is 43.0. The highest BCUT2D eigenvalue weighted by molar-refractivity contribution is 7.20. The van der Waals surface area contributed by atoms with E-state index >= 15 is 0 Å². The first-order chi connectivity index (χ1) is 66.4. The Labute approximate surface area is 780 Å². The molecule has 4 heterocycles. The van der Waals surface area contributed by atoms with Gasteiger partial charge in [-0.15, -0.1) is 0 Å². The number of benzene rings is 22. The Morgan fingerprint density at radius 2 is 0.321 bits per heavy atom. The SMILES string of the molecule is c1ccc(-n2c3ccc(-c4ccc(-c5ccc6c(c5)c5ccccc5n6-c5ccc6ccccc6c5)cc4)cc3c3cc([Si](c4ccccc4)(c4ccccc4)c4ccccc4)ccc32)cc1.c1ccc(-n2c3ccccc3c3cc(-c4ccc(-c5ccc6c(c5)c5cc([Si](c7ccccc7)(c7ccccc7)c7ccccc7)ccc5n6-c5ccc6ccccc6c5)cc4)ccc32)cc1. The van der Waals surface area contributed by atoms with Crippen molar-refractivity contribution in [3.05, 3.63) is 534 Å². The van der Waals surface area contributed by atoms with Gasteiger partial charge in [-0.2, -0.15) is 0 Å². The first kappa shape index (κ1) is 79.2. The van der Waals surface area contributed by atoms with Crippen LogP contribution in [-0.2, 0) is 0 Å². The normalized spacial score (nSPS) is 11.9. The van der Waals surface area contributed by atoms with Crippen molar-refractivity contribution in [1.29, 1.82) is 0 Å². The molecule has 4 aromatic heterocycles. The molecule has 26 rings (SSSR count). The molecule has 0 radical (unpaired) electrons. The highest BCUT2D eigenvalue weighted by atomic mass is 28.3. The van der Waals surface area contributed by atoms with Crippen molar-refractivity contribution in [2.24, 2.45) is 0 Å². The Balaban J connectivity index is 0.000000143. The molecule has 22 aromatic carbocycles. The van der Waals surface area contributed by atoms with E-state index in [2.05, 4.69) is 552 Å². The number of nitrogens with zero attached hydrogens (tertiary/aromatic N) is 4. The zero-order chi connectivity index (χ0) is 88.6. The van der Waals surface area contributed by atoms with E-state index in [9.17, 15) is 0 Å². The lowest BCUT2D eigenvalue weighted by atomic mass is 9.98. The second-order valence-electron chi connectivity index (χ2n) is 35.4. The number of rotatable bonds is 16. The average molecular weight is 1740 g/mol. The number of hydrogen-bond donors (Lipinski definition) is 0. The molecule has 134 heavy (non-hydrogen) atoms. The van der Waals surface area contributed by atoms with E-state index in [1.165, 1.54) is 206 Å². The van der Waals surface area contributed by atoms with Gasteiger partial charge in [-0.1, -0.05) is 413 Å². The van der Waals surface area contributed by atoms with Crippen molar-refractivity contribution < 1.29 is 0 Å². The van der Waals surface area contributed by atoms with Gasteiger partial charge in [0.05, 0.1) is 44.1 Å². The summed E-state index contributed by atoms with van der Waals surface area (Å²) in [4.78, 5) is 0. The second kappa shape index (κ2) is 33.2. The van der Waals surface area contributed by atoms with Gasteiger partial charge in [0.2, 0.25) is 0 Å². The molecule has 26 aromatic rings. The Hall–Kier alpha value is -17.0. The van der Waals surface area contributed by atoms with Crippen molar-refractivity contribution in [2.45, 2.75) is 0 Å². The number of para-hydroxylation sites is 4. The van der Waals surface area contributed by atoms with Crippen molar-refractivity contribution >= 4 is 166 Å². The van der Waals surface area contributed by atoms with E-state index in [1.807, 2.05) is 0 Å². The summed E-state index contributed by atoms with van der Waals surface area (Å²) in [6, 6.07) is 198. The Morgan fingerprint density at radius 3 is 0.612 bits per heavy atom. The predicted octanol–water partition coefficient (Wildman–Crippen LogP) is 27.5. The Bertz CT molecular complexity index is 8750. The molecule has 0 saturated carbocycles. The van der Waals surface area contributed by atoms with E-state index < -0.39 is 16.1 Å². The van der Waals surface area contributed by atoms with Crippen molar-refractivity contribution in [1.82, 2.24) is 18.3 Å². The Morgan fingerprint density at radius 1 is 0.112 bits per heavy atom. The van der Waals surface area contributed by atoms with Crippen LogP contribution in [0.3, 0.4) is 0 Å². The fraction of sp³-hybridized carbons (Fsp3) is 0. The lowest BCUT2D eigenvalue weighted by Crippen LogP contribution is -2.74. The highest BCUT2D eigenvalue weighted by Crippen LogP contribution is 2.43. The zero-order valence-corrected chi connectivity index (χ0v) is 75.6. The molecule has 0 atom stereocenters. The van der Waals surface area contributed by atoms with Crippen LogP contribution in [0.15, 0.2) is 534 Å². The van der Waals surface area contributed by atoms with Crippen LogP contribution >= 0.6 is 0 Å². The van der Waals surface area contributed by atoms with Gasteiger partial charge in [0.1, 0.15) is 0 Å². The molecule has 0 fully saturated rings. The van der Waals surface area contributed by atoms with Gasteiger partial charge < -0.3 is 18.3 Å². The average Bonchev–Trinajstić information content (AvgIpc) is 1.39. The summed E-state index contributed by atoms with van der Waals surface area (Å²) in [5.41, 5.74) is 23.9. The van der Waals surface area contributed by atoms with Gasteiger partial charge in [0.25, 0.3) is 0 Å². The first-order valence-electron chi connectivity index (χ1n) is 46.3. The molecule has 0 saturated heterocycles. The van der Waals surface area contributed by atoms with E-state index in [0.29, 0.717) is 0 Å². The smallest absolute Gasteiger partial charge is 0.179 e. The van der Waals surface area contributed by atoms with Crippen LogP contribution in [-0.4, -0.2) is 34.4 Å². The lowest BCUT2D eigenvalue weighted by molar-refractivity contribution is 1.18. The zero-order valence-electron chi connectivity index (χ0n) is 73.6. The maximum absolute atomic E-state index is 2.79. The Kier molecular flexibility index (Phi) is 19.6. The summed E-state index contributed by atoms with van der Waals surface area (Å²) in [5.74, 6) is 0. The molecule has 0 aliphatic carbocycles. The fourth-order valence-corrected chi connectivity index (χ4v) is 31.5. The molecule has 0 aliphatic rings. The molecule has 4 nitrogen and oxygen atoms in total. The van der Waals surface area contributed by atoms with Crippen LogP contribution in [0.4, 0.5) is 0 Å². The number of aromatic nitrogens is 4. The van der Waals surface area contributed by atoms with Crippen LogP contribution in [0.5, 0.6) is 0 Å². The van der Waals surface area contributed by atoms with Crippen LogP contribution in [0.25, 0.3) is 176 Å². The van der Waals surface area contributed by atoms with E-state index in [0.717, 1.165) is 11.4 Å². The van der Waals surface area contributed by atoms with Crippen LogP contribution < -0.4 is 41.5 Å². The van der Waals surface area contributed by atoms with Gasteiger partial charge in [0, 0.05) is 65.8 Å². The van der Waals surface area contributed by atoms with Crippen LogP contribution in [0, 0.1) is 0 Å². The predicted molar refractivity (Wildman–Crippen MR) is 574 cm³/mol. The standard InChI is InChI=1S/2C64H44N2Si/c1-5-19-51(20-6-1)65-63-39-35-50(43-59(63)60-44-56(37-40-64(60)65)67(53-21-7-2-8-22-53,54-23-9-3-10-24-54)55-25-11-4-12-26-55)47-31-29-46(30-32-47)49-34-38-62-58(42-49)57-27-15-16-28-61(57)66(62)52-36-33-45-17-13-14-18-48(45)41-52;1-5-19-51(20-6-1)65-61-28-16-15-27-57(61)58-42-49(34-38-62(58)65)46-29-31-47(32-30-46)50-35-39-63-59(43-50)60-44-56(37-40-64(60)66(63)52-36-33-45-17-13-14-18-48(45)41-52)67(53-21-7-2-8-22-53,54-23-9-3-10-24-54)55-25-11-4-12-26-55/h2*1-44H. The molecule has 628 valence electrons. The summed E-state index contributed by atoms with van der Waals surface area (Å²) < 4.78 is 9.69. The maximum atomic E-state index is 2.53. The molecular weight excluding hydrogens is 1650 g/mol. The molecule has 0 unspecified atom stereocenters. The molecule has 0 aliphatic heterocycles. The number of fused-ring (bicyclic) bond motifs is 14. The quantitative estimate of drug-likeness (QED) is 0.0679.